The Bertz CT molecular complexity index is 610. The van der Waals surface area contributed by atoms with Gasteiger partial charge in [-0.3, -0.25) is 4.79 Å². The highest BCUT2D eigenvalue weighted by Gasteiger charge is 2.28. The number of unbranched alkanes of at least 4 members (excludes halogenated alkanes) is 3. The quantitative estimate of drug-likeness (QED) is 0.685. The van der Waals surface area contributed by atoms with Gasteiger partial charge in [0.2, 0.25) is 10.0 Å². The number of nitrogens with one attached hydrogen (secondary N) is 2. The summed E-state index contributed by atoms with van der Waals surface area (Å²) in [5.41, 5.74) is 0.383. The average Bonchev–Trinajstić information content (AvgIpc) is 3.30. The molecule has 1 aliphatic rings. The topological polar surface area (TPSA) is 75.3 Å². The lowest BCUT2D eigenvalue weighted by Crippen LogP contribution is -2.27. The SMILES string of the molecule is CCCCCCNC(=O)c1cccc(S(=O)(=O)NC2CC2)c1. The molecule has 0 radical (unpaired) electrons. The van der Waals surface area contributed by atoms with Crippen LogP contribution in [0, 0.1) is 0 Å². The zero-order chi connectivity index (χ0) is 16.0. The molecule has 22 heavy (non-hydrogen) atoms. The standard InChI is InChI=1S/C16H24N2O3S/c1-2-3-4-5-11-17-16(19)13-7-6-8-15(12-13)22(20,21)18-14-9-10-14/h6-8,12,14,18H,2-5,9-11H2,1H3,(H,17,19). The van der Waals surface area contributed by atoms with Gasteiger partial charge < -0.3 is 5.32 Å². The van der Waals surface area contributed by atoms with Gasteiger partial charge in [-0.2, -0.15) is 0 Å². The molecule has 1 aliphatic carbocycles. The Morgan fingerprint density at radius 2 is 2.00 bits per heavy atom. The van der Waals surface area contributed by atoms with Crippen LogP contribution in [0.1, 0.15) is 55.8 Å². The second-order valence-corrected chi connectivity index (χ2v) is 7.45. The van der Waals surface area contributed by atoms with E-state index in [1.165, 1.54) is 12.1 Å². The predicted octanol–water partition coefficient (Wildman–Crippen LogP) is 2.44. The first-order chi connectivity index (χ1) is 10.5. The third kappa shape index (κ3) is 5.10. The van der Waals surface area contributed by atoms with Crippen molar-refractivity contribution in [3.8, 4) is 0 Å². The van der Waals surface area contributed by atoms with Crippen molar-refractivity contribution >= 4 is 15.9 Å². The van der Waals surface area contributed by atoms with Crippen molar-refractivity contribution in [2.24, 2.45) is 0 Å². The lowest BCUT2D eigenvalue weighted by atomic mass is 10.2. The van der Waals surface area contributed by atoms with Gasteiger partial charge in [-0.05, 0) is 37.5 Å². The Hall–Kier alpha value is -1.40. The molecule has 1 saturated carbocycles. The molecule has 122 valence electrons. The normalized spacial score (nSPS) is 14.8. The molecule has 6 heteroatoms. The van der Waals surface area contributed by atoms with Gasteiger partial charge in [-0.25, -0.2) is 13.1 Å². The first kappa shape index (κ1) is 17.0. The lowest BCUT2D eigenvalue weighted by Gasteiger charge is -2.08. The maximum absolute atomic E-state index is 12.1. The van der Waals surface area contributed by atoms with E-state index in [2.05, 4.69) is 17.0 Å². The zero-order valence-electron chi connectivity index (χ0n) is 13.0. The highest BCUT2D eigenvalue weighted by Crippen LogP contribution is 2.22. The van der Waals surface area contributed by atoms with E-state index in [9.17, 15) is 13.2 Å². The largest absolute Gasteiger partial charge is 0.352 e. The summed E-state index contributed by atoms with van der Waals surface area (Å²) in [5.74, 6) is -0.222. The van der Waals surface area contributed by atoms with E-state index in [0.29, 0.717) is 12.1 Å². The molecule has 0 spiro atoms. The van der Waals surface area contributed by atoms with Crippen LogP contribution in [0.2, 0.25) is 0 Å². The minimum Gasteiger partial charge on any atom is -0.352 e. The van der Waals surface area contributed by atoms with E-state index in [1.54, 1.807) is 12.1 Å². The van der Waals surface area contributed by atoms with Gasteiger partial charge in [0.25, 0.3) is 5.91 Å². The van der Waals surface area contributed by atoms with Crippen LogP contribution in [0.15, 0.2) is 29.2 Å². The second kappa shape index (κ2) is 7.74. The molecule has 1 fully saturated rings. The van der Waals surface area contributed by atoms with Crippen LogP contribution in [-0.2, 0) is 10.0 Å². The summed E-state index contributed by atoms with van der Waals surface area (Å²) < 4.78 is 26.9. The fourth-order valence-electron chi connectivity index (χ4n) is 2.15. The van der Waals surface area contributed by atoms with Gasteiger partial charge in [0, 0.05) is 18.2 Å². The summed E-state index contributed by atoms with van der Waals surface area (Å²) in [6.07, 6.45) is 6.13. The molecule has 0 heterocycles. The van der Waals surface area contributed by atoms with E-state index in [1.807, 2.05) is 0 Å². The number of hydrogen-bond acceptors (Lipinski definition) is 3. The minimum atomic E-state index is -3.52. The second-order valence-electron chi connectivity index (χ2n) is 5.74. The molecule has 0 bridgehead atoms. The molecule has 5 nitrogen and oxygen atoms in total. The molecule has 0 atom stereocenters. The number of carbonyl (C=O) groups excluding carboxylic acids is 1. The van der Waals surface area contributed by atoms with Crippen molar-refractivity contribution in [1.82, 2.24) is 10.0 Å². The van der Waals surface area contributed by atoms with Crippen LogP contribution in [0.3, 0.4) is 0 Å². The number of rotatable bonds is 9. The number of amides is 1. The maximum Gasteiger partial charge on any atom is 0.251 e. The first-order valence-electron chi connectivity index (χ1n) is 7.93. The highest BCUT2D eigenvalue weighted by atomic mass is 32.2. The van der Waals surface area contributed by atoms with E-state index < -0.39 is 10.0 Å². The molecule has 0 aromatic heterocycles. The number of hydrogen-bond donors (Lipinski definition) is 2. The summed E-state index contributed by atoms with van der Waals surface area (Å²) >= 11 is 0. The van der Waals surface area contributed by atoms with Crippen LogP contribution >= 0.6 is 0 Å². The Morgan fingerprint density at radius 3 is 2.68 bits per heavy atom. The summed E-state index contributed by atoms with van der Waals surface area (Å²) in [6.45, 7) is 2.76. The van der Waals surface area contributed by atoms with E-state index >= 15 is 0 Å². The van der Waals surface area contributed by atoms with Crippen molar-refractivity contribution < 1.29 is 13.2 Å². The first-order valence-corrected chi connectivity index (χ1v) is 9.42. The van der Waals surface area contributed by atoms with Gasteiger partial charge in [0.15, 0.2) is 0 Å². The fraction of sp³-hybridized carbons (Fsp3) is 0.562. The van der Waals surface area contributed by atoms with Crippen molar-refractivity contribution in [3.63, 3.8) is 0 Å². The molecule has 1 aromatic carbocycles. The highest BCUT2D eigenvalue weighted by molar-refractivity contribution is 7.89. The van der Waals surface area contributed by atoms with Crippen LogP contribution < -0.4 is 10.0 Å². The molecule has 0 unspecified atom stereocenters. The Balaban J connectivity index is 1.94. The van der Waals surface area contributed by atoms with Crippen LogP contribution in [0.5, 0.6) is 0 Å². The van der Waals surface area contributed by atoms with Crippen molar-refractivity contribution in [2.45, 2.75) is 56.4 Å². The van der Waals surface area contributed by atoms with Gasteiger partial charge in [0.05, 0.1) is 4.90 Å². The Kier molecular flexibility index (Phi) is 5.97. The molecule has 1 aromatic rings. The van der Waals surface area contributed by atoms with Gasteiger partial charge in [0.1, 0.15) is 0 Å². The third-order valence-corrected chi connectivity index (χ3v) is 5.14. The third-order valence-electron chi connectivity index (χ3n) is 3.62. The number of benzene rings is 1. The summed E-state index contributed by atoms with van der Waals surface area (Å²) in [4.78, 5) is 12.2. The van der Waals surface area contributed by atoms with Gasteiger partial charge in [-0.15, -0.1) is 0 Å². The van der Waals surface area contributed by atoms with Gasteiger partial charge in [-0.1, -0.05) is 32.3 Å². The molecule has 0 saturated heterocycles. The van der Waals surface area contributed by atoms with Crippen LogP contribution in [0.4, 0.5) is 0 Å². The molecule has 1 amide bonds. The molecular weight excluding hydrogens is 300 g/mol. The maximum atomic E-state index is 12.1. The molecule has 2 N–H and O–H groups in total. The number of carbonyl (C=O) groups is 1. The van der Waals surface area contributed by atoms with Gasteiger partial charge >= 0.3 is 0 Å². The monoisotopic (exact) mass is 324 g/mol. The summed E-state index contributed by atoms with van der Waals surface area (Å²) in [6, 6.07) is 6.25. The molecular formula is C16H24N2O3S. The van der Waals surface area contributed by atoms with E-state index in [0.717, 1.165) is 38.5 Å². The van der Waals surface area contributed by atoms with Crippen molar-refractivity contribution in [2.75, 3.05) is 6.54 Å². The molecule has 0 aliphatic heterocycles. The minimum absolute atomic E-state index is 0.0565. The van der Waals surface area contributed by atoms with E-state index in [4.69, 9.17) is 0 Å². The zero-order valence-corrected chi connectivity index (χ0v) is 13.8. The summed E-state index contributed by atoms with van der Waals surface area (Å²) in [5, 5.41) is 2.84. The van der Waals surface area contributed by atoms with Crippen molar-refractivity contribution in [3.05, 3.63) is 29.8 Å². The van der Waals surface area contributed by atoms with Crippen LogP contribution in [0.25, 0.3) is 0 Å². The predicted molar refractivity (Wildman–Crippen MR) is 86.3 cm³/mol. The average molecular weight is 324 g/mol. The van der Waals surface area contributed by atoms with Crippen LogP contribution in [-0.4, -0.2) is 26.9 Å². The molecule has 2 rings (SSSR count). The Labute approximate surface area is 132 Å². The van der Waals surface area contributed by atoms with Crippen molar-refractivity contribution in [1.29, 1.82) is 0 Å². The number of sulfonamides is 1. The Morgan fingerprint density at radius 1 is 1.23 bits per heavy atom. The summed E-state index contributed by atoms with van der Waals surface area (Å²) in [7, 11) is -3.52. The lowest BCUT2D eigenvalue weighted by molar-refractivity contribution is 0.0952. The van der Waals surface area contributed by atoms with E-state index in [-0.39, 0.29) is 16.8 Å². The smallest absolute Gasteiger partial charge is 0.251 e. The fourth-order valence-corrected chi connectivity index (χ4v) is 3.50.